The highest BCUT2D eigenvalue weighted by molar-refractivity contribution is 7.92. The molecule has 3 nitrogen and oxygen atoms in total. The molecule has 0 radical (unpaired) electrons. The van der Waals surface area contributed by atoms with E-state index in [1.807, 2.05) is 25.1 Å². The molecule has 0 amide bonds. The summed E-state index contributed by atoms with van der Waals surface area (Å²) in [7, 11) is -3.26. The summed E-state index contributed by atoms with van der Waals surface area (Å²) in [6.45, 7) is 1.90. The lowest BCUT2D eigenvalue weighted by atomic mass is 10.0. The predicted molar refractivity (Wildman–Crippen MR) is 72.2 cm³/mol. The standard InChI is InChI=1S/C12H12ClNO2S/c1-8-6-10(14-17(2,15)16)7-9-4-3-5-11(13)12(8)9/h3-7,14H,1-2H3. The maximum absolute atomic E-state index is 11.2. The van der Waals surface area contributed by atoms with E-state index in [1.54, 1.807) is 12.1 Å². The Balaban J connectivity index is 2.64. The fraction of sp³-hybridized carbons (Fsp3) is 0.167. The van der Waals surface area contributed by atoms with Crippen LogP contribution in [-0.2, 0) is 10.0 Å². The lowest BCUT2D eigenvalue weighted by Crippen LogP contribution is -2.09. The van der Waals surface area contributed by atoms with Crippen LogP contribution < -0.4 is 4.72 Å². The molecule has 2 rings (SSSR count). The van der Waals surface area contributed by atoms with Gasteiger partial charge in [0.15, 0.2) is 0 Å². The predicted octanol–water partition coefficient (Wildman–Crippen LogP) is 3.17. The van der Waals surface area contributed by atoms with Crippen molar-refractivity contribution in [2.45, 2.75) is 6.92 Å². The van der Waals surface area contributed by atoms with Gasteiger partial charge in [0.05, 0.1) is 6.26 Å². The molecule has 0 bridgehead atoms. The zero-order chi connectivity index (χ0) is 12.6. The van der Waals surface area contributed by atoms with Crippen LogP contribution in [0.25, 0.3) is 10.8 Å². The van der Waals surface area contributed by atoms with Gasteiger partial charge in [-0.15, -0.1) is 0 Å². The van der Waals surface area contributed by atoms with Crippen LogP contribution in [0.3, 0.4) is 0 Å². The number of halogens is 1. The van der Waals surface area contributed by atoms with E-state index in [4.69, 9.17) is 11.6 Å². The van der Waals surface area contributed by atoms with E-state index >= 15 is 0 Å². The molecule has 0 spiro atoms. The second-order valence-electron chi connectivity index (χ2n) is 4.01. The van der Waals surface area contributed by atoms with Crippen LogP contribution in [-0.4, -0.2) is 14.7 Å². The molecular weight excluding hydrogens is 258 g/mol. The minimum Gasteiger partial charge on any atom is -0.284 e. The van der Waals surface area contributed by atoms with Crippen LogP contribution >= 0.6 is 11.6 Å². The number of fused-ring (bicyclic) bond motifs is 1. The zero-order valence-corrected chi connectivity index (χ0v) is 11.1. The topological polar surface area (TPSA) is 46.2 Å². The molecule has 5 heteroatoms. The molecule has 0 saturated carbocycles. The smallest absolute Gasteiger partial charge is 0.229 e. The van der Waals surface area contributed by atoms with E-state index in [9.17, 15) is 8.42 Å². The zero-order valence-electron chi connectivity index (χ0n) is 9.49. The molecule has 0 aliphatic heterocycles. The van der Waals surface area contributed by atoms with Gasteiger partial charge in [0, 0.05) is 16.1 Å². The van der Waals surface area contributed by atoms with Crippen LogP contribution in [0.4, 0.5) is 5.69 Å². The summed E-state index contributed by atoms with van der Waals surface area (Å²) >= 11 is 6.11. The van der Waals surface area contributed by atoms with E-state index in [2.05, 4.69) is 4.72 Å². The normalized spacial score (nSPS) is 11.7. The molecular formula is C12H12ClNO2S. The molecule has 2 aromatic carbocycles. The van der Waals surface area contributed by atoms with E-state index in [-0.39, 0.29) is 0 Å². The summed E-state index contributed by atoms with van der Waals surface area (Å²) in [6.07, 6.45) is 1.13. The van der Waals surface area contributed by atoms with Crippen molar-refractivity contribution in [2.75, 3.05) is 11.0 Å². The molecule has 0 aromatic heterocycles. The monoisotopic (exact) mass is 269 g/mol. The first-order valence-corrected chi connectivity index (χ1v) is 7.30. The van der Waals surface area contributed by atoms with Crippen molar-refractivity contribution in [3.05, 3.63) is 40.9 Å². The van der Waals surface area contributed by atoms with Crippen molar-refractivity contribution < 1.29 is 8.42 Å². The van der Waals surface area contributed by atoms with Crippen molar-refractivity contribution in [3.8, 4) is 0 Å². The molecule has 0 atom stereocenters. The Morgan fingerprint density at radius 3 is 2.59 bits per heavy atom. The van der Waals surface area contributed by atoms with E-state index < -0.39 is 10.0 Å². The van der Waals surface area contributed by atoms with E-state index in [1.165, 1.54) is 0 Å². The number of hydrogen-bond donors (Lipinski definition) is 1. The van der Waals surface area contributed by atoms with Gasteiger partial charge >= 0.3 is 0 Å². The van der Waals surface area contributed by atoms with Crippen LogP contribution in [0.15, 0.2) is 30.3 Å². The van der Waals surface area contributed by atoms with Crippen LogP contribution in [0.5, 0.6) is 0 Å². The van der Waals surface area contributed by atoms with Crippen molar-refractivity contribution in [1.82, 2.24) is 0 Å². The van der Waals surface area contributed by atoms with Gasteiger partial charge in [-0.05, 0) is 36.1 Å². The van der Waals surface area contributed by atoms with Crippen LogP contribution in [0, 0.1) is 6.92 Å². The lowest BCUT2D eigenvalue weighted by molar-refractivity contribution is 0.607. The molecule has 2 aromatic rings. The summed E-state index contributed by atoms with van der Waals surface area (Å²) < 4.78 is 24.8. The second-order valence-corrected chi connectivity index (χ2v) is 6.16. The van der Waals surface area contributed by atoms with E-state index in [0.29, 0.717) is 10.7 Å². The molecule has 0 unspecified atom stereocenters. The molecule has 90 valence electrons. The maximum atomic E-state index is 11.2. The largest absolute Gasteiger partial charge is 0.284 e. The third kappa shape index (κ3) is 2.70. The fourth-order valence-electron chi connectivity index (χ4n) is 1.86. The first kappa shape index (κ1) is 12.2. The summed E-state index contributed by atoms with van der Waals surface area (Å²) in [6, 6.07) is 9.11. The van der Waals surface area contributed by atoms with Gasteiger partial charge in [-0.25, -0.2) is 8.42 Å². The summed E-state index contributed by atoms with van der Waals surface area (Å²) in [4.78, 5) is 0. The van der Waals surface area contributed by atoms with Gasteiger partial charge in [0.2, 0.25) is 10.0 Å². The molecule has 1 N–H and O–H groups in total. The first-order valence-electron chi connectivity index (χ1n) is 5.03. The van der Waals surface area contributed by atoms with Crippen molar-refractivity contribution in [3.63, 3.8) is 0 Å². The Morgan fingerprint density at radius 2 is 1.94 bits per heavy atom. The number of anilines is 1. The molecule has 0 saturated heterocycles. The van der Waals surface area contributed by atoms with Gasteiger partial charge in [-0.2, -0.15) is 0 Å². The first-order chi connectivity index (χ1) is 7.87. The third-order valence-corrected chi connectivity index (χ3v) is 3.35. The van der Waals surface area contributed by atoms with E-state index in [0.717, 1.165) is 22.6 Å². The van der Waals surface area contributed by atoms with Gasteiger partial charge in [0.25, 0.3) is 0 Å². The Morgan fingerprint density at radius 1 is 1.24 bits per heavy atom. The minimum absolute atomic E-state index is 0.555. The lowest BCUT2D eigenvalue weighted by Gasteiger charge is -2.09. The molecule has 0 aliphatic carbocycles. The van der Waals surface area contributed by atoms with Crippen LogP contribution in [0.2, 0.25) is 5.02 Å². The van der Waals surface area contributed by atoms with Crippen molar-refractivity contribution >= 4 is 38.1 Å². The van der Waals surface area contributed by atoms with Crippen molar-refractivity contribution in [1.29, 1.82) is 0 Å². The average molecular weight is 270 g/mol. The molecule has 17 heavy (non-hydrogen) atoms. The molecule has 0 heterocycles. The molecule has 0 fully saturated rings. The van der Waals surface area contributed by atoms with Gasteiger partial charge in [-0.1, -0.05) is 23.7 Å². The number of rotatable bonds is 2. The number of nitrogens with one attached hydrogen (secondary N) is 1. The fourth-order valence-corrected chi connectivity index (χ4v) is 2.74. The minimum atomic E-state index is -3.26. The third-order valence-electron chi connectivity index (χ3n) is 2.43. The Kier molecular flexibility index (Phi) is 3.02. The highest BCUT2D eigenvalue weighted by Gasteiger charge is 2.07. The number of hydrogen-bond acceptors (Lipinski definition) is 2. The maximum Gasteiger partial charge on any atom is 0.229 e. The number of sulfonamides is 1. The molecule has 0 aliphatic rings. The van der Waals surface area contributed by atoms with Gasteiger partial charge in [0.1, 0.15) is 0 Å². The SMILES string of the molecule is Cc1cc(NS(C)(=O)=O)cc2cccc(Cl)c12. The van der Waals surface area contributed by atoms with Crippen molar-refractivity contribution in [2.24, 2.45) is 0 Å². The Bertz CT molecular complexity index is 680. The van der Waals surface area contributed by atoms with Crippen LogP contribution in [0.1, 0.15) is 5.56 Å². The number of benzene rings is 2. The average Bonchev–Trinajstić information content (AvgIpc) is 2.13. The summed E-state index contributed by atoms with van der Waals surface area (Å²) in [5, 5.41) is 2.54. The second kappa shape index (κ2) is 4.20. The quantitative estimate of drug-likeness (QED) is 0.910. The summed E-state index contributed by atoms with van der Waals surface area (Å²) in [5.41, 5.74) is 1.50. The van der Waals surface area contributed by atoms with Gasteiger partial charge in [-0.3, -0.25) is 4.72 Å². The summed E-state index contributed by atoms with van der Waals surface area (Å²) in [5.74, 6) is 0. The van der Waals surface area contributed by atoms with Gasteiger partial charge < -0.3 is 0 Å². The Hall–Kier alpha value is -1.26. The highest BCUT2D eigenvalue weighted by Crippen LogP contribution is 2.29. The Labute approximate surface area is 105 Å². The number of aryl methyl sites for hydroxylation is 1. The highest BCUT2D eigenvalue weighted by atomic mass is 35.5.